The number of aryl methyl sites for hydroxylation is 1. The van der Waals surface area contributed by atoms with Crippen molar-refractivity contribution in [3.63, 3.8) is 0 Å². The molecule has 10 rings (SSSR count). The van der Waals surface area contributed by atoms with Crippen molar-refractivity contribution in [3.8, 4) is 50.6 Å². The molecule has 0 bridgehead atoms. The summed E-state index contributed by atoms with van der Waals surface area (Å²) in [4.78, 5) is 9.77. The predicted molar refractivity (Wildman–Crippen MR) is 197 cm³/mol. The minimum atomic E-state index is 0.951. The van der Waals surface area contributed by atoms with E-state index in [0.29, 0.717) is 0 Å². The molecule has 0 saturated carbocycles. The first-order valence-corrected chi connectivity index (χ1v) is 16.4. The molecule has 0 N–H and O–H groups in total. The van der Waals surface area contributed by atoms with E-state index in [4.69, 9.17) is 4.98 Å². The molecule has 6 aromatic carbocycles. The molecule has 4 heteroatoms. The number of aromatic nitrogens is 4. The second-order valence-corrected chi connectivity index (χ2v) is 12.8. The number of rotatable bonds is 4. The van der Waals surface area contributed by atoms with Gasteiger partial charge in [-0.1, -0.05) is 97.1 Å². The first kappa shape index (κ1) is 26.9. The van der Waals surface area contributed by atoms with Crippen LogP contribution in [0.25, 0.3) is 83.4 Å². The fourth-order valence-electron chi connectivity index (χ4n) is 7.68. The Kier molecular flexibility index (Phi) is 5.82. The van der Waals surface area contributed by atoms with E-state index in [9.17, 15) is 0 Å². The predicted octanol–water partition coefficient (Wildman–Crippen LogP) is 10.6. The first-order valence-electron chi connectivity index (χ1n) is 16.4. The van der Waals surface area contributed by atoms with Gasteiger partial charge in [-0.2, -0.15) is 0 Å². The molecule has 0 atom stereocenters. The summed E-state index contributed by atoms with van der Waals surface area (Å²) in [5, 5.41) is 2.45. The van der Waals surface area contributed by atoms with Crippen LogP contribution in [-0.4, -0.2) is 19.1 Å². The molecule has 1 aliphatic rings. The van der Waals surface area contributed by atoms with Crippen molar-refractivity contribution >= 4 is 32.8 Å². The van der Waals surface area contributed by atoms with Gasteiger partial charge >= 0.3 is 0 Å². The fraction of sp³-hybridized carbons (Fsp3) is 0.0455. The highest BCUT2D eigenvalue weighted by Gasteiger charge is 2.20. The van der Waals surface area contributed by atoms with E-state index >= 15 is 0 Å². The molecule has 4 nitrogen and oxygen atoms in total. The van der Waals surface area contributed by atoms with E-state index < -0.39 is 0 Å². The van der Waals surface area contributed by atoms with Gasteiger partial charge in [0.1, 0.15) is 5.82 Å². The topological polar surface area (TPSA) is 35.6 Å². The van der Waals surface area contributed by atoms with Crippen LogP contribution < -0.4 is 0 Å². The second-order valence-electron chi connectivity index (χ2n) is 12.8. The number of benzene rings is 6. The first-order chi connectivity index (χ1) is 23.7. The molecule has 1 aliphatic carbocycles. The van der Waals surface area contributed by atoms with Gasteiger partial charge < -0.3 is 9.13 Å². The van der Waals surface area contributed by atoms with Crippen LogP contribution in [0.3, 0.4) is 0 Å². The molecule has 0 aliphatic heterocycles. The Balaban J connectivity index is 1.09. The third kappa shape index (κ3) is 4.09. The van der Waals surface area contributed by atoms with Crippen LogP contribution >= 0.6 is 0 Å². The molecule has 48 heavy (non-hydrogen) atoms. The SMILES string of the molecule is Cn1c(-c2ccc3c4ccccc4n(-c4cccc(-c5ccccn5)c4)c3c2)nc2ccc(-c3ccc4c(c3)Cc3ccccc3-4)cc21. The van der Waals surface area contributed by atoms with E-state index in [1.807, 2.05) is 18.3 Å². The Bertz CT molecular complexity index is 2710. The maximum absolute atomic E-state index is 5.16. The van der Waals surface area contributed by atoms with Gasteiger partial charge in [0.15, 0.2) is 0 Å². The molecule has 3 aromatic heterocycles. The van der Waals surface area contributed by atoms with Crippen LogP contribution in [0, 0.1) is 0 Å². The minimum Gasteiger partial charge on any atom is -0.327 e. The zero-order valence-corrected chi connectivity index (χ0v) is 26.4. The van der Waals surface area contributed by atoms with Crippen molar-refractivity contribution in [2.45, 2.75) is 6.42 Å². The lowest BCUT2D eigenvalue weighted by atomic mass is 9.99. The minimum absolute atomic E-state index is 0.951. The summed E-state index contributed by atoms with van der Waals surface area (Å²) in [6.07, 6.45) is 2.84. The molecular formula is C44H30N4. The summed E-state index contributed by atoms with van der Waals surface area (Å²) >= 11 is 0. The lowest BCUT2D eigenvalue weighted by molar-refractivity contribution is 0.959. The average Bonchev–Trinajstić information content (AvgIpc) is 3.80. The summed E-state index contributed by atoms with van der Waals surface area (Å²) in [6, 6.07) is 52.4. The van der Waals surface area contributed by atoms with Gasteiger partial charge in [0, 0.05) is 40.8 Å². The van der Waals surface area contributed by atoms with E-state index in [2.05, 4.69) is 155 Å². The largest absolute Gasteiger partial charge is 0.327 e. The third-order valence-corrected chi connectivity index (χ3v) is 10.0. The monoisotopic (exact) mass is 614 g/mol. The highest BCUT2D eigenvalue weighted by molar-refractivity contribution is 6.10. The van der Waals surface area contributed by atoms with Crippen molar-refractivity contribution in [2.75, 3.05) is 0 Å². The molecule has 0 saturated heterocycles. The number of pyridine rings is 1. The van der Waals surface area contributed by atoms with Crippen LogP contribution in [0.2, 0.25) is 0 Å². The summed E-state index contributed by atoms with van der Waals surface area (Å²) < 4.78 is 4.60. The normalized spacial score (nSPS) is 12.2. The number of nitrogens with zero attached hydrogens (tertiary/aromatic N) is 4. The van der Waals surface area contributed by atoms with Crippen LogP contribution in [0.15, 0.2) is 152 Å². The number of hydrogen-bond donors (Lipinski definition) is 0. The highest BCUT2D eigenvalue weighted by atomic mass is 15.1. The number of imidazole rings is 1. The molecule has 0 amide bonds. The Labute approximate surface area is 278 Å². The summed E-state index contributed by atoms with van der Waals surface area (Å²) in [5.41, 5.74) is 16.7. The molecular weight excluding hydrogens is 585 g/mol. The zero-order valence-electron chi connectivity index (χ0n) is 26.4. The van der Waals surface area contributed by atoms with Gasteiger partial charge in [-0.25, -0.2) is 4.98 Å². The van der Waals surface area contributed by atoms with Crippen molar-refractivity contribution in [1.29, 1.82) is 0 Å². The van der Waals surface area contributed by atoms with Crippen LogP contribution in [0.5, 0.6) is 0 Å². The van der Waals surface area contributed by atoms with Gasteiger partial charge in [0.05, 0.1) is 27.8 Å². The molecule has 226 valence electrons. The van der Waals surface area contributed by atoms with Crippen molar-refractivity contribution in [2.24, 2.45) is 7.05 Å². The second kappa shape index (κ2) is 10.4. The number of fused-ring (bicyclic) bond motifs is 7. The van der Waals surface area contributed by atoms with E-state index in [-0.39, 0.29) is 0 Å². The summed E-state index contributed by atoms with van der Waals surface area (Å²) in [5.74, 6) is 0.951. The van der Waals surface area contributed by atoms with Gasteiger partial charge in [0.2, 0.25) is 0 Å². The summed E-state index contributed by atoms with van der Waals surface area (Å²) in [6.45, 7) is 0. The van der Waals surface area contributed by atoms with Gasteiger partial charge in [-0.15, -0.1) is 0 Å². The average molecular weight is 615 g/mol. The quantitative estimate of drug-likeness (QED) is 0.198. The maximum Gasteiger partial charge on any atom is 0.140 e. The molecule has 0 spiro atoms. The van der Waals surface area contributed by atoms with E-state index in [1.54, 1.807) is 0 Å². The third-order valence-electron chi connectivity index (χ3n) is 10.0. The molecule has 0 fully saturated rings. The number of hydrogen-bond acceptors (Lipinski definition) is 2. The van der Waals surface area contributed by atoms with Crippen LogP contribution in [0.4, 0.5) is 0 Å². The lowest BCUT2D eigenvalue weighted by Gasteiger charge is -2.11. The Hall–Kier alpha value is -6.26. The molecule has 9 aromatic rings. The van der Waals surface area contributed by atoms with Gasteiger partial charge in [0.25, 0.3) is 0 Å². The molecule has 0 unspecified atom stereocenters. The van der Waals surface area contributed by atoms with Crippen molar-refractivity contribution in [3.05, 3.63) is 163 Å². The van der Waals surface area contributed by atoms with E-state index in [0.717, 1.165) is 51.3 Å². The number of para-hydroxylation sites is 1. The summed E-state index contributed by atoms with van der Waals surface area (Å²) in [7, 11) is 2.13. The van der Waals surface area contributed by atoms with Crippen molar-refractivity contribution in [1.82, 2.24) is 19.1 Å². The zero-order chi connectivity index (χ0) is 31.8. The fourth-order valence-corrected chi connectivity index (χ4v) is 7.68. The van der Waals surface area contributed by atoms with Crippen LogP contribution in [-0.2, 0) is 13.5 Å². The van der Waals surface area contributed by atoms with Crippen LogP contribution in [0.1, 0.15) is 11.1 Å². The maximum atomic E-state index is 5.16. The van der Waals surface area contributed by atoms with Gasteiger partial charge in [-0.05, 0) is 88.3 Å². The molecule has 3 heterocycles. The standard InChI is InChI=1S/C44H30N4/c1-47-43-26-29(28-16-19-36-33(23-28)24-30-9-2-3-12-35(30)36)18-21-40(43)46-44(47)32-17-20-38-37-13-4-5-15-41(37)48(42(38)27-32)34-11-8-10-31(25-34)39-14-6-7-22-45-39/h2-23,25-27H,24H2,1H3. The smallest absolute Gasteiger partial charge is 0.140 e. The Morgan fingerprint density at radius 1 is 0.521 bits per heavy atom. The highest BCUT2D eigenvalue weighted by Crippen LogP contribution is 2.40. The van der Waals surface area contributed by atoms with E-state index in [1.165, 1.54) is 49.7 Å². The molecule has 0 radical (unpaired) electrons. The Morgan fingerprint density at radius 2 is 1.29 bits per heavy atom. The van der Waals surface area contributed by atoms with Gasteiger partial charge in [-0.3, -0.25) is 4.98 Å². The lowest BCUT2D eigenvalue weighted by Crippen LogP contribution is -1.96. The Morgan fingerprint density at radius 3 is 2.23 bits per heavy atom. The van der Waals surface area contributed by atoms with Crippen molar-refractivity contribution < 1.29 is 0 Å².